The van der Waals surface area contributed by atoms with E-state index in [0.717, 1.165) is 5.56 Å². The SMILES string of the molecule is COc1ccc(C(C)(C)CNC(=O)c2ccn(C)c(=O)c2)cc1OC. The Morgan fingerprint density at radius 1 is 1.12 bits per heavy atom. The Balaban J connectivity index is 2.14. The molecule has 1 aromatic heterocycles. The van der Waals surface area contributed by atoms with Crippen LogP contribution in [0.1, 0.15) is 29.8 Å². The van der Waals surface area contributed by atoms with Crippen molar-refractivity contribution in [3.63, 3.8) is 0 Å². The maximum absolute atomic E-state index is 12.3. The number of aromatic nitrogens is 1. The highest BCUT2D eigenvalue weighted by Gasteiger charge is 2.23. The molecule has 1 aromatic carbocycles. The summed E-state index contributed by atoms with van der Waals surface area (Å²) in [5, 5.41) is 2.89. The van der Waals surface area contributed by atoms with E-state index in [1.54, 1.807) is 33.5 Å². The van der Waals surface area contributed by atoms with Crippen LogP contribution in [0.2, 0.25) is 0 Å². The molecule has 0 aliphatic carbocycles. The van der Waals surface area contributed by atoms with Gasteiger partial charge < -0.3 is 19.4 Å². The minimum Gasteiger partial charge on any atom is -0.493 e. The topological polar surface area (TPSA) is 69.6 Å². The van der Waals surface area contributed by atoms with Crippen LogP contribution in [0, 0.1) is 0 Å². The van der Waals surface area contributed by atoms with Gasteiger partial charge in [0, 0.05) is 36.8 Å². The molecule has 0 saturated carbocycles. The molecule has 134 valence electrons. The first-order valence-corrected chi connectivity index (χ1v) is 7.96. The summed E-state index contributed by atoms with van der Waals surface area (Å²) in [4.78, 5) is 24.0. The number of nitrogens with zero attached hydrogens (tertiary/aromatic N) is 1. The highest BCUT2D eigenvalue weighted by atomic mass is 16.5. The van der Waals surface area contributed by atoms with Crippen molar-refractivity contribution in [3.05, 3.63) is 58.0 Å². The quantitative estimate of drug-likeness (QED) is 0.871. The fourth-order valence-corrected chi connectivity index (χ4v) is 2.45. The molecule has 1 amide bonds. The monoisotopic (exact) mass is 344 g/mol. The lowest BCUT2D eigenvalue weighted by Crippen LogP contribution is -2.37. The number of amides is 1. The summed E-state index contributed by atoms with van der Waals surface area (Å²) in [6, 6.07) is 8.66. The smallest absolute Gasteiger partial charge is 0.251 e. The Labute approximate surface area is 147 Å². The molecule has 0 unspecified atom stereocenters. The van der Waals surface area contributed by atoms with Crippen LogP contribution in [0.25, 0.3) is 0 Å². The van der Waals surface area contributed by atoms with E-state index in [0.29, 0.717) is 23.6 Å². The van der Waals surface area contributed by atoms with Crippen molar-refractivity contribution in [1.29, 1.82) is 0 Å². The molecule has 2 aromatic rings. The van der Waals surface area contributed by atoms with Gasteiger partial charge >= 0.3 is 0 Å². The van der Waals surface area contributed by atoms with Gasteiger partial charge in [0.05, 0.1) is 14.2 Å². The zero-order valence-electron chi connectivity index (χ0n) is 15.3. The van der Waals surface area contributed by atoms with E-state index in [2.05, 4.69) is 5.32 Å². The molecule has 6 heteroatoms. The van der Waals surface area contributed by atoms with E-state index in [9.17, 15) is 9.59 Å². The lowest BCUT2D eigenvalue weighted by Gasteiger charge is -2.26. The van der Waals surface area contributed by atoms with Gasteiger partial charge in [0.25, 0.3) is 11.5 Å². The number of nitrogens with one attached hydrogen (secondary N) is 1. The largest absolute Gasteiger partial charge is 0.493 e. The van der Waals surface area contributed by atoms with Gasteiger partial charge in [-0.05, 0) is 23.8 Å². The number of hydrogen-bond donors (Lipinski definition) is 1. The predicted molar refractivity (Wildman–Crippen MR) is 96.6 cm³/mol. The Kier molecular flexibility index (Phi) is 5.51. The van der Waals surface area contributed by atoms with E-state index in [1.165, 1.54) is 10.6 Å². The van der Waals surface area contributed by atoms with Crippen LogP contribution in [0.5, 0.6) is 11.5 Å². The third-order valence-corrected chi connectivity index (χ3v) is 4.22. The number of carbonyl (C=O) groups excluding carboxylic acids is 1. The summed E-state index contributed by atoms with van der Waals surface area (Å²) in [5.74, 6) is 1.03. The first-order chi connectivity index (χ1) is 11.8. The maximum atomic E-state index is 12.3. The van der Waals surface area contributed by atoms with Gasteiger partial charge in [-0.25, -0.2) is 0 Å². The summed E-state index contributed by atoms with van der Waals surface area (Å²) < 4.78 is 12.0. The maximum Gasteiger partial charge on any atom is 0.251 e. The molecule has 6 nitrogen and oxygen atoms in total. The van der Waals surface area contributed by atoms with E-state index in [1.807, 2.05) is 32.0 Å². The molecule has 0 fully saturated rings. The molecular formula is C19H24N2O4. The van der Waals surface area contributed by atoms with Crippen LogP contribution in [-0.2, 0) is 12.5 Å². The van der Waals surface area contributed by atoms with E-state index < -0.39 is 0 Å². The third-order valence-electron chi connectivity index (χ3n) is 4.22. The van der Waals surface area contributed by atoms with E-state index >= 15 is 0 Å². The molecule has 0 saturated heterocycles. The molecule has 1 N–H and O–H groups in total. The number of methoxy groups -OCH3 is 2. The average molecular weight is 344 g/mol. The number of benzene rings is 1. The molecule has 0 atom stereocenters. The van der Waals surface area contributed by atoms with Gasteiger partial charge in [0.2, 0.25) is 0 Å². The fourth-order valence-electron chi connectivity index (χ4n) is 2.45. The van der Waals surface area contributed by atoms with Crippen LogP contribution < -0.4 is 20.3 Å². The minimum atomic E-state index is -0.324. The molecule has 0 bridgehead atoms. The highest BCUT2D eigenvalue weighted by Crippen LogP contribution is 2.32. The van der Waals surface area contributed by atoms with Crippen molar-refractivity contribution >= 4 is 5.91 Å². The van der Waals surface area contributed by atoms with Crippen molar-refractivity contribution in [1.82, 2.24) is 9.88 Å². The van der Waals surface area contributed by atoms with Crippen molar-refractivity contribution in [2.75, 3.05) is 20.8 Å². The number of hydrogen-bond acceptors (Lipinski definition) is 4. The van der Waals surface area contributed by atoms with Gasteiger partial charge in [-0.3, -0.25) is 9.59 Å². The zero-order chi connectivity index (χ0) is 18.6. The number of carbonyl (C=O) groups is 1. The summed E-state index contributed by atoms with van der Waals surface area (Å²) >= 11 is 0. The molecule has 25 heavy (non-hydrogen) atoms. The molecular weight excluding hydrogens is 320 g/mol. The third kappa shape index (κ3) is 4.21. The van der Waals surface area contributed by atoms with Crippen molar-refractivity contribution in [3.8, 4) is 11.5 Å². The molecule has 0 aliphatic rings. The molecule has 0 spiro atoms. The number of rotatable bonds is 6. The van der Waals surface area contributed by atoms with Gasteiger partial charge in [0.1, 0.15) is 0 Å². The average Bonchev–Trinajstić information content (AvgIpc) is 2.61. The van der Waals surface area contributed by atoms with Crippen molar-refractivity contribution in [2.24, 2.45) is 7.05 Å². The second kappa shape index (κ2) is 7.42. The van der Waals surface area contributed by atoms with Crippen LogP contribution in [0.15, 0.2) is 41.3 Å². The normalized spacial score (nSPS) is 11.1. The van der Waals surface area contributed by atoms with Gasteiger partial charge in [-0.2, -0.15) is 0 Å². The van der Waals surface area contributed by atoms with Crippen LogP contribution in [-0.4, -0.2) is 31.2 Å². The molecule has 2 rings (SSSR count). The lowest BCUT2D eigenvalue weighted by molar-refractivity contribution is 0.0945. The number of aryl methyl sites for hydroxylation is 1. The number of pyridine rings is 1. The summed E-state index contributed by atoms with van der Waals surface area (Å²) in [6.45, 7) is 4.47. The van der Waals surface area contributed by atoms with Crippen molar-refractivity contribution < 1.29 is 14.3 Å². The Morgan fingerprint density at radius 2 is 1.80 bits per heavy atom. The summed E-state index contributed by atoms with van der Waals surface area (Å²) in [5.41, 5.74) is 0.821. The predicted octanol–water partition coefficient (Wildman–Crippen LogP) is 2.11. The Hall–Kier alpha value is -2.76. The van der Waals surface area contributed by atoms with Crippen molar-refractivity contribution in [2.45, 2.75) is 19.3 Å². The van der Waals surface area contributed by atoms with Gasteiger partial charge in [-0.1, -0.05) is 19.9 Å². The van der Waals surface area contributed by atoms with Crippen LogP contribution >= 0.6 is 0 Å². The lowest BCUT2D eigenvalue weighted by atomic mass is 9.84. The Bertz CT molecular complexity index is 824. The highest BCUT2D eigenvalue weighted by molar-refractivity contribution is 5.94. The van der Waals surface area contributed by atoms with Crippen LogP contribution in [0.4, 0.5) is 0 Å². The second-order valence-corrected chi connectivity index (χ2v) is 6.50. The Morgan fingerprint density at radius 3 is 2.40 bits per heavy atom. The second-order valence-electron chi connectivity index (χ2n) is 6.50. The first-order valence-electron chi connectivity index (χ1n) is 7.96. The van der Waals surface area contributed by atoms with Gasteiger partial charge in [0.15, 0.2) is 11.5 Å². The zero-order valence-corrected chi connectivity index (χ0v) is 15.3. The number of ether oxygens (including phenoxy) is 2. The van der Waals surface area contributed by atoms with Gasteiger partial charge in [-0.15, -0.1) is 0 Å². The minimum absolute atomic E-state index is 0.216. The van der Waals surface area contributed by atoms with E-state index in [4.69, 9.17) is 9.47 Å². The summed E-state index contributed by atoms with van der Waals surface area (Å²) in [6.07, 6.45) is 1.58. The molecule has 1 heterocycles. The van der Waals surface area contributed by atoms with E-state index in [-0.39, 0.29) is 16.9 Å². The summed E-state index contributed by atoms with van der Waals surface area (Å²) in [7, 11) is 4.82. The molecule has 0 aliphatic heterocycles. The first kappa shape index (κ1) is 18.6. The molecule has 0 radical (unpaired) electrons. The van der Waals surface area contributed by atoms with Crippen LogP contribution in [0.3, 0.4) is 0 Å². The fraction of sp³-hybridized carbons (Fsp3) is 0.368. The standard InChI is InChI=1S/C19H24N2O4/c1-19(2,14-6-7-15(24-4)16(11-14)25-5)12-20-18(23)13-8-9-21(3)17(22)10-13/h6-11H,12H2,1-5H3,(H,20,23).